The van der Waals surface area contributed by atoms with Crippen molar-refractivity contribution in [1.82, 2.24) is 25.3 Å². The summed E-state index contributed by atoms with van der Waals surface area (Å²) in [6.07, 6.45) is 3.88. The number of hydrogen-bond donors (Lipinski definition) is 1. The fourth-order valence-electron chi connectivity index (χ4n) is 3.07. The molecule has 1 saturated heterocycles. The third-order valence-electron chi connectivity index (χ3n) is 4.60. The van der Waals surface area contributed by atoms with Gasteiger partial charge in [-0.1, -0.05) is 0 Å². The molecule has 0 saturated carbocycles. The van der Waals surface area contributed by atoms with Crippen molar-refractivity contribution >= 4 is 11.7 Å². The van der Waals surface area contributed by atoms with Crippen molar-refractivity contribution < 1.29 is 4.79 Å². The molecule has 2 aromatic heterocycles. The first-order chi connectivity index (χ1) is 12.6. The topological polar surface area (TPSA) is 93.0 Å². The van der Waals surface area contributed by atoms with Crippen LogP contribution in [-0.4, -0.2) is 45.5 Å². The Hall–Kier alpha value is -2.77. The quantitative estimate of drug-likeness (QED) is 0.769. The normalized spacial score (nSPS) is 15.0. The van der Waals surface area contributed by atoms with Gasteiger partial charge in [-0.15, -0.1) is 5.10 Å². The molecule has 8 heteroatoms. The van der Waals surface area contributed by atoms with Crippen LogP contribution in [0.1, 0.15) is 25.0 Å². The van der Waals surface area contributed by atoms with Gasteiger partial charge in [0, 0.05) is 44.4 Å². The lowest BCUT2D eigenvalue weighted by Gasteiger charge is -2.31. The number of piperidine rings is 1. The van der Waals surface area contributed by atoms with Gasteiger partial charge in [0.1, 0.15) is 0 Å². The summed E-state index contributed by atoms with van der Waals surface area (Å²) in [5.74, 6) is 0.991. The van der Waals surface area contributed by atoms with Gasteiger partial charge in [-0.2, -0.15) is 10.2 Å². The van der Waals surface area contributed by atoms with E-state index in [2.05, 4.69) is 25.5 Å². The van der Waals surface area contributed by atoms with Gasteiger partial charge >= 0.3 is 0 Å². The number of carbonyl (C=O) groups is 1. The maximum absolute atomic E-state index is 12.3. The molecule has 1 aliphatic heterocycles. The van der Waals surface area contributed by atoms with Crippen LogP contribution in [0.2, 0.25) is 0 Å². The van der Waals surface area contributed by atoms with Crippen molar-refractivity contribution in [2.24, 2.45) is 5.92 Å². The Labute approximate surface area is 152 Å². The molecule has 1 N–H and O–H groups in total. The van der Waals surface area contributed by atoms with Crippen LogP contribution in [0.15, 0.2) is 35.3 Å². The molecule has 8 nitrogen and oxygen atoms in total. The summed E-state index contributed by atoms with van der Waals surface area (Å²) in [5.41, 5.74) is 0.779. The van der Waals surface area contributed by atoms with Crippen LogP contribution in [-0.2, 0) is 11.3 Å². The first-order valence-electron chi connectivity index (χ1n) is 8.98. The monoisotopic (exact) mass is 356 g/mol. The summed E-state index contributed by atoms with van der Waals surface area (Å²) in [7, 11) is 0. The zero-order chi connectivity index (χ0) is 18.4. The third kappa shape index (κ3) is 4.65. The highest BCUT2D eigenvalue weighted by molar-refractivity contribution is 5.78. The second-order valence-electron chi connectivity index (χ2n) is 6.52. The van der Waals surface area contributed by atoms with Crippen molar-refractivity contribution in [3.05, 3.63) is 46.5 Å². The zero-order valence-electron chi connectivity index (χ0n) is 15.0. The molecule has 0 aliphatic carbocycles. The van der Waals surface area contributed by atoms with E-state index >= 15 is 0 Å². The van der Waals surface area contributed by atoms with E-state index in [-0.39, 0.29) is 17.4 Å². The number of carbonyl (C=O) groups excluding carboxylic acids is 1. The van der Waals surface area contributed by atoms with Gasteiger partial charge in [0.15, 0.2) is 5.82 Å². The molecule has 3 rings (SSSR count). The Morgan fingerprint density at radius 1 is 1.23 bits per heavy atom. The van der Waals surface area contributed by atoms with Crippen LogP contribution in [0.3, 0.4) is 0 Å². The molecule has 0 radical (unpaired) electrons. The second-order valence-corrected chi connectivity index (χ2v) is 6.52. The summed E-state index contributed by atoms with van der Waals surface area (Å²) >= 11 is 0. The molecule has 0 aromatic carbocycles. The molecule has 138 valence electrons. The molecular weight excluding hydrogens is 332 g/mol. The van der Waals surface area contributed by atoms with E-state index in [0.717, 1.165) is 37.4 Å². The molecule has 3 heterocycles. The summed E-state index contributed by atoms with van der Waals surface area (Å²) < 4.78 is 1.41. The zero-order valence-corrected chi connectivity index (χ0v) is 15.0. The summed E-state index contributed by atoms with van der Waals surface area (Å²) in [5, 5.41) is 15.3. The smallest absolute Gasteiger partial charge is 0.266 e. The third-order valence-corrected chi connectivity index (χ3v) is 4.60. The van der Waals surface area contributed by atoms with Crippen molar-refractivity contribution in [2.75, 3.05) is 24.5 Å². The maximum atomic E-state index is 12.3. The maximum Gasteiger partial charge on any atom is 0.266 e. The number of nitrogens with one attached hydrogen (secondary N) is 1. The van der Waals surface area contributed by atoms with Gasteiger partial charge < -0.3 is 10.2 Å². The predicted molar refractivity (Wildman–Crippen MR) is 97.8 cm³/mol. The fourth-order valence-corrected chi connectivity index (χ4v) is 3.07. The van der Waals surface area contributed by atoms with Crippen molar-refractivity contribution in [2.45, 2.75) is 32.7 Å². The van der Waals surface area contributed by atoms with Gasteiger partial charge in [-0.3, -0.25) is 9.59 Å². The van der Waals surface area contributed by atoms with Gasteiger partial charge in [0.05, 0.1) is 5.69 Å². The van der Waals surface area contributed by atoms with Crippen molar-refractivity contribution in [1.29, 1.82) is 0 Å². The average molecular weight is 356 g/mol. The Morgan fingerprint density at radius 2 is 2.04 bits per heavy atom. The molecule has 26 heavy (non-hydrogen) atoms. The Morgan fingerprint density at radius 3 is 2.73 bits per heavy atom. The molecule has 0 bridgehead atoms. The van der Waals surface area contributed by atoms with E-state index < -0.39 is 0 Å². The van der Waals surface area contributed by atoms with E-state index in [1.54, 1.807) is 12.3 Å². The molecule has 0 spiro atoms. The summed E-state index contributed by atoms with van der Waals surface area (Å²) in [4.78, 5) is 26.1. The molecule has 0 unspecified atom stereocenters. The molecule has 1 fully saturated rings. The first-order valence-corrected chi connectivity index (χ1v) is 8.98. The number of hydrogen-bond acceptors (Lipinski definition) is 6. The molecule has 1 aliphatic rings. The minimum atomic E-state index is -0.120. The van der Waals surface area contributed by atoms with Crippen LogP contribution >= 0.6 is 0 Å². The second kappa shape index (κ2) is 8.55. The number of aromatic nitrogens is 4. The molecule has 0 atom stereocenters. The lowest BCUT2D eigenvalue weighted by atomic mass is 9.96. The van der Waals surface area contributed by atoms with E-state index in [1.165, 1.54) is 10.7 Å². The highest BCUT2D eigenvalue weighted by Gasteiger charge is 2.25. The number of aryl methyl sites for hydroxylation is 2. The number of nitrogens with zero attached hydrogens (tertiary/aromatic N) is 5. The average Bonchev–Trinajstić information content (AvgIpc) is 2.67. The van der Waals surface area contributed by atoms with Gasteiger partial charge in [-0.25, -0.2) is 4.68 Å². The van der Waals surface area contributed by atoms with Gasteiger partial charge in [-0.05, 0) is 44.4 Å². The van der Waals surface area contributed by atoms with Crippen LogP contribution < -0.4 is 15.8 Å². The van der Waals surface area contributed by atoms with E-state index in [9.17, 15) is 9.59 Å². The Kier molecular flexibility index (Phi) is 5.93. The largest absolute Gasteiger partial charge is 0.356 e. The molecular formula is C18H24N6O2. The van der Waals surface area contributed by atoms with Crippen molar-refractivity contribution in [3.8, 4) is 0 Å². The lowest BCUT2D eigenvalue weighted by molar-refractivity contribution is -0.125. The van der Waals surface area contributed by atoms with E-state index in [0.29, 0.717) is 19.5 Å². The van der Waals surface area contributed by atoms with E-state index in [4.69, 9.17) is 0 Å². The predicted octanol–water partition coefficient (Wildman–Crippen LogP) is 0.765. The standard InChI is InChI=1S/C18H24N6O2/c1-14-5-6-16(22-21-14)23-12-7-15(8-13-23)18(26)19-9-3-11-24-17(25)4-2-10-20-24/h2,4-6,10,15H,3,7-9,11-13H2,1H3,(H,19,26). The summed E-state index contributed by atoms with van der Waals surface area (Å²) in [6, 6.07) is 7.03. The van der Waals surface area contributed by atoms with Crippen LogP contribution in [0.5, 0.6) is 0 Å². The minimum absolute atomic E-state index is 0.0298. The SMILES string of the molecule is Cc1ccc(N2CCC(C(=O)NCCCn3ncccc3=O)CC2)nn1. The van der Waals surface area contributed by atoms with Crippen LogP contribution in [0, 0.1) is 12.8 Å². The first kappa shape index (κ1) is 18.0. The van der Waals surface area contributed by atoms with E-state index in [1.807, 2.05) is 19.1 Å². The highest BCUT2D eigenvalue weighted by atomic mass is 16.2. The molecule has 1 amide bonds. The minimum Gasteiger partial charge on any atom is -0.356 e. The van der Waals surface area contributed by atoms with Crippen LogP contribution in [0.4, 0.5) is 5.82 Å². The highest BCUT2D eigenvalue weighted by Crippen LogP contribution is 2.21. The lowest BCUT2D eigenvalue weighted by Crippen LogP contribution is -2.41. The summed E-state index contributed by atoms with van der Waals surface area (Å²) in [6.45, 7) is 4.58. The number of rotatable bonds is 6. The van der Waals surface area contributed by atoms with Crippen LogP contribution in [0.25, 0.3) is 0 Å². The molecule has 2 aromatic rings. The van der Waals surface area contributed by atoms with Gasteiger partial charge in [0.2, 0.25) is 5.91 Å². The Bertz CT molecular complexity index is 781. The Balaban J connectivity index is 1.39. The van der Waals surface area contributed by atoms with Gasteiger partial charge in [0.25, 0.3) is 5.56 Å². The fraction of sp³-hybridized carbons (Fsp3) is 0.500. The van der Waals surface area contributed by atoms with Crippen molar-refractivity contribution in [3.63, 3.8) is 0 Å². The number of anilines is 1. The number of amides is 1.